The van der Waals surface area contributed by atoms with Gasteiger partial charge in [-0.3, -0.25) is 0 Å². The smallest absolute Gasteiger partial charge is 0.243 e. The van der Waals surface area contributed by atoms with Crippen molar-refractivity contribution in [3.63, 3.8) is 0 Å². The number of aliphatic hydroxyl groups excluding tert-OH is 1. The molecule has 2 rings (SSSR count). The Kier molecular flexibility index (Phi) is 3.60. The highest BCUT2D eigenvalue weighted by Crippen LogP contribution is 2.41. The third-order valence-electron chi connectivity index (χ3n) is 3.80. The minimum atomic E-state index is -4.33. The van der Waals surface area contributed by atoms with Crippen LogP contribution in [-0.2, 0) is 10.0 Å². The van der Waals surface area contributed by atoms with E-state index in [-0.39, 0.29) is 6.42 Å². The summed E-state index contributed by atoms with van der Waals surface area (Å²) in [4.78, 5) is -0.950. The van der Waals surface area contributed by atoms with Gasteiger partial charge in [-0.1, -0.05) is 13.8 Å². The van der Waals surface area contributed by atoms with Gasteiger partial charge in [-0.2, -0.15) is 0 Å². The third-order valence-corrected chi connectivity index (χ3v) is 5.29. The highest BCUT2D eigenvalue weighted by molar-refractivity contribution is 7.89. The molecular formula is C12H14F3NO3S. The Labute approximate surface area is 114 Å². The zero-order chi connectivity index (χ0) is 15.3. The predicted molar refractivity (Wildman–Crippen MR) is 64.8 cm³/mol. The van der Waals surface area contributed by atoms with Crippen LogP contribution in [0.1, 0.15) is 20.3 Å². The van der Waals surface area contributed by atoms with E-state index in [9.17, 15) is 26.7 Å². The van der Waals surface area contributed by atoms with Crippen molar-refractivity contribution in [2.45, 2.75) is 37.3 Å². The highest BCUT2D eigenvalue weighted by atomic mass is 32.2. The lowest BCUT2D eigenvalue weighted by Gasteiger charge is -2.49. The van der Waals surface area contributed by atoms with Crippen LogP contribution < -0.4 is 4.72 Å². The van der Waals surface area contributed by atoms with Crippen LogP contribution in [0.25, 0.3) is 0 Å². The van der Waals surface area contributed by atoms with Crippen molar-refractivity contribution in [2.75, 3.05) is 0 Å². The Morgan fingerprint density at radius 2 is 1.85 bits per heavy atom. The van der Waals surface area contributed by atoms with Crippen LogP contribution in [-0.4, -0.2) is 25.7 Å². The maximum Gasteiger partial charge on any atom is 0.243 e. The summed E-state index contributed by atoms with van der Waals surface area (Å²) < 4.78 is 65.6. The zero-order valence-corrected chi connectivity index (χ0v) is 11.6. The molecule has 0 aliphatic heterocycles. The van der Waals surface area contributed by atoms with Gasteiger partial charge in [0.25, 0.3) is 0 Å². The zero-order valence-electron chi connectivity index (χ0n) is 10.8. The van der Waals surface area contributed by atoms with Crippen molar-refractivity contribution >= 4 is 10.0 Å². The molecule has 1 saturated carbocycles. The number of halogens is 3. The molecule has 8 heteroatoms. The molecule has 0 heterocycles. The summed E-state index contributed by atoms with van der Waals surface area (Å²) in [6.45, 7) is 3.30. The predicted octanol–water partition coefficient (Wildman–Crippen LogP) is 1.54. The lowest BCUT2D eigenvalue weighted by Crippen LogP contribution is -2.61. The van der Waals surface area contributed by atoms with Crippen LogP contribution in [0.3, 0.4) is 0 Å². The molecule has 1 fully saturated rings. The number of nitrogens with one attached hydrogen (secondary N) is 1. The molecule has 2 N–H and O–H groups in total. The summed E-state index contributed by atoms with van der Waals surface area (Å²) >= 11 is 0. The van der Waals surface area contributed by atoms with Crippen molar-refractivity contribution in [3.8, 4) is 0 Å². The largest absolute Gasteiger partial charge is 0.392 e. The Morgan fingerprint density at radius 3 is 2.35 bits per heavy atom. The molecule has 0 amide bonds. The molecule has 0 saturated heterocycles. The van der Waals surface area contributed by atoms with E-state index in [0.29, 0.717) is 12.1 Å². The first-order valence-corrected chi connectivity index (χ1v) is 7.39. The van der Waals surface area contributed by atoms with Gasteiger partial charge in [-0.25, -0.2) is 26.3 Å². The minimum absolute atomic E-state index is 0.178. The molecule has 1 aromatic rings. The molecule has 4 nitrogen and oxygen atoms in total. The Bertz CT molecular complexity index is 646. The summed E-state index contributed by atoms with van der Waals surface area (Å²) in [5.74, 6) is -5.04. The normalized spacial score (nSPS) is 25.3. The van der Waals surface area contributed by atoms with Crippen molar-refractivity contribution < 1.29 is 26.7 Å². The first-order valence-electron chi connectivity index (χ1n) is 5.91. The average Bonchev–Trinajstić information content (AvgIpc) is 2.35. The number of hydrogen-bond acceptors (Lipinski definition) is 3. The van der Waals surface area contributed by atoms with Gasteiger partial charge in [0.05, 0.1) is 6.10 Å². The van der Waals surface area contributed by atoms with Gasteiger partial charge in [0.1, 0.15) is 4.90 Å². The SMILES string of the molecule is CC1(C)C(O)CC1NS(=O)(=O)c1ccc(F)c(F)c1F. The van der Waals surface area contributed by atoms with Crippen molar-refractivity contribution in [1.82, 2.24) is 4.72 Å². The van der Waals surface area contributed by atoms with Gasteiger partial charge in [0, 0.05) is 11.5 Å². The van der Waals surface area contributed by atoms with Crippen LogP contribution in [0.15, 0.2) is 17.0 Å². The van der Waals surface area contributed by atoms with Crippen molar-refractivity contribution in [2.24, 2.45) is 5.41 Å². The molecule has 20 heavy (non-hydrogen) atoms. The van der Waals surface area contributed by atoms with E-state index in [1.54, 1.807) is 13.8 Å². The molecule has 1 aliphatic carbocycles. The monoisotopic (exact) mass is 309 g/mol. The molecule has 0 spiro atoms. The Balaban J connectivity index is 2.31. The van der Waals surface area contributed by atoms with E-state index < -0.39 is 49.9 Å². The van der Waals surface area contributed by atoms with E-state index in [2.05, 4.69) is 4.72 Å². The lowest BCUT2D eigenvalue weighted by molar-refractivity contribution is -0.0645. The summed E-state index contributed by atoms with van der Waals surface area (Å²) in [7, 11) is -4.33. The molecule has 112 valence electrons. The summed E-state index contributed by atoms with van der Waals surface area (Å²) in [5.41, 5.74) is -0.706. The summed E-state index contributed by atoms with van der Waals surface area (Å²) in [6.07, 6.45) is -0.498. The average molecular weight is 309 g/mol. The highest BCUT2D eigenvalue weighted by Gasteiger charge is 2.49. The van der Waals surface area contributed by atoms with Gasteiger partial charge in [-0.05, 0) is 18.6 Å². The third kappa shape index (κ3) is 2.32. The maximum atomic E-state index is 13.5. The quantitative estimate of drug-likeness (QED) is 0.832. The molecule has 1 aromatic carbocycles. The van der Waals surface area contributed by atoms with Crippen molar-refractivity contribution in [3.05, 3.63) is 29.6 Å². The summed E-state index contributed by atoms with van der Waals surface area (Å²) in [5, 5.41) is 9.53. The molecule has 1 aliphatic rings. The molecule has 0 bridgehead atoms. The summed E-state index contributed by atoms with van der Waals surface area (Å²) in [6, 6.07) is 0.612. The van der Waals surface area contributed by atoms with Crippen LogP contribution in [0.5, 0.6) is 0 Å². The van der Waals surface area contributed by atoms with Crippen molar-refractivity contribution in [1.29, 1.82) is 0 Å². The van der Waals surface area contributed by atoms with Crippen LogP contribution in [0, 0.1) is 22.9 Å². The number of benzene rings is 1. The van der Waals surface area contributed by atoms with Crippen LogP contribution in [0.4, 0.5) is 13.2 Å². The standard InChI is InChI=1S/C12H14F3NO3S/c1-12(2)8(5-9(12)17)16-20(18,19)7-4-3-6(13)10(14)11(7)15/h3-4,8-9,16-17H,5H2,1-2H3. The second-order valence-corrected chi connectivity index (χ2v) is 7.10. The first kappa shape index (κ1) is 15.3. The first-order chi connectivity index (χ1) is 9.07. The van der Waals surface area contributed by atoms with Crippen LogP contribution in [0.2, 0.25) is 0 Å². The molecule has 2 atom stereocenters. The Morgan fingerprint density at radius 1 is 1.25 bits per heavy atom. The molecular weight excluding hydrogens is 295 g/mol. The van der Waals surface area contributed by atoms with E-state index >= 15 is 0 Å². The second-order valence-electron chi connectivity index (χ2n) is 5.42. The number of sulfonamides is 1. The number of aliphatic hydroxyl groups is 1. The van der Waals surface area contributed by atoms with E-state index in [1.807, 2.05) is 0 Å². The second kappa shape index (κ2) is 4.71. The van der Waals surface area contributed by atoms with Gasteiger partial charge in [-0.15, -0.1) is 0 Å². The Hall–Kier alpha value is -1.12. The lowest BCUT2D eigenvalue weighted by atomic mass is 9.65. The van der Waals surface area contributed by atoms with E-state index in [0.717, 1.165) is 0 Å². The minimum Gasteiger partial charge on any atom is -0.392 e. The fraction of sp³-hybridized carbons (Fsp3) is 0.500. The van der Waals surface area contributed by atoms with E-state index in [4.69, 9.17) is 0 Å². The van der Waals surface area contributed by atoms with Crippen LogP contribution >= 0.6 is 0 Å². The van der Waals surface area contributed by atoms with E-state index in [1.165, 1.54) is 0 Å². The van der Waals surface area contributed by atoms with Gasteiger partial charge < -0.3 is 5.11 Å². The molecule has 0 aromatic heterocycles. The number of rotatable bonds is 3. The fourth-order valence-electron chi connectivity index (χ4n) is 2.07. The fourth-order valence-corrected chi connectivity index (χ4v) is 3.54. The van der Waals surface area contributed by atoms with Gasteiger partial charge >= 0.3 is 0 Å². The van der Waals surface area contributed by atoms with Gasteiger partial charge in [0.15, 0.2) is 17.5 Å². The molecule has 0 radical (unpaired) electrons. The molecule has 2 unspecified atom stereocenters. The number of hydrogen-bond donors (Lipinski definition) is 2. The van der Waals surface area contributed by atoms with Gasteiger partial charge in [0.2, 0.25) is 10.0 Å². The maximum absolute atomic E-state index is 13.5. The topological polar surface area (TPSA) is 66.4 Å².